The predicted molar refractivity (Wildman–Crippen MR) is 136 cm³/mol. The van der Waals surface area contributed by atoms with E-state index >= 15 is 0 Å². The van der Waals surface area contributed by atoms with Gasteiger partial charge in [0.1, 0.15) is 0 Å². The molecule has 4 saturated carbocycles. The minimum absolute atomic E-state index is 0.0478. The number of fused-ring (bicyclic) bond motifs is 5. The van der Waals surface area contributed by atoms with E-state index < -0.39 is 0 Å². The second-order valence-corrected chi connectivity index (χ2v) is 10.4. The van der Waals surface area contributed by atoms with Gasteiger partial charge in [0, 0.05) is 0 Å². The molecular weight excluding hydrogens is 380 g/mol. The van der Waals surface area contributed by atoms with Crippen LogP contribution >= 0.6 is 0 Å². The lowest BCUT2D eigenvalue weighted by atomic mass is 9.44. The Morgan fingerprint density at radius 2 is 1.42 bits per heavy atom. The Balaban J connectivity index is 0.000000739. The Labute approximate surface area is 195 Å². The van der Waals surface area contributed by atoms with Crippen molar-refractivity contribution in [3.8, 4) is 0 Å². The maximum Gasteiger partial charge on any atom is 0.0607 e. The van der Waals surface area contributed by atoms with Crippen molar-refractivity contribution < 1.29 is 10.2 Å². The van der Waals surface area contributed by atoms with Gasteiger partial charge in [-0.05, 0) is 105 Å². The van der Waals surface area contributed by atoms with Gasteiger partial charge in [-0.3, -0.25) is 0 Å². The second kappa shape index (κ2) is 12.8. The first-order valence-corrected chi connectivity index (χ1v) is 13.9. The van der Waals surface area contributed by atoms with Crippen molar-refractivity contribution in [1.82, 2.24) is 0 Å². The van der Waals surface area contributed by atoms with Gasteiger partial charge in [0.05, 0.1) is 12.2 Å². The zero-order valence-electron chi connectivity index (χ0n) is 22.3. The highest BCUT2D eigenvalue weighted by atomic mass is 16.3. The summed E-state index contributed by atoms with van der Waals surface area (Å²) in [5.74, 6) is 3.73. The van der Waals surface area contributed by atoms with Crippen LogP contribution in [0.1, 0.15) is 120 Å². The summed E-state index contributed by atoms with van der Waals surface area (Å²) in [6.45, 7) is 20.9. The molecule has 0 aromatic heterocycles. The molecule has 0 aromatic carbocycles. The molecule has 2 heteroatoms. The fourth-order valence-electron chi connectivity index (χ4n) is 8.24. The van der Waals surface area contributed by atoms with Crippen LogP contribution in [-0.4, -0.2) is 22.4 Å². The van der Waals surface area contributed by atoms with Crippen molar-refractivity contribution in [3.63, 3.8) is 0 Å². The quantitative estimate of drug-likeness (QED) is 0.440. The highest BCUT2D eigenvalue weighted by Crippen LogP contribution is 2.67. The fraction of sp³-hybridized carbons (Fsp3) is 0.931. The molecule has 9 unspecified atom stereocenters. The van der Waals surface area contributed by atoms with Gasteiger partial charge >= 0.3 is 0 Å². The summed E-state index contributed by atoms with van der Waals surface area (Å²) in [5, 5.41) is 20.9. The van der Waals surface area contributed by atoms with Crippen molar-refractivity contribution in [2.45, 2.75) is 132 Å². The minimum Gasteiger partial charge on any atom is -0.393 e. The lowest BCUT2D eigenvalue weighted by Crippen LogP contribution is -2.54. The summed E-state index contributed by atoms with van der Waals surface area (Å²) >= 11 is 0. The van der Waals surface area contributed by atoms with Crippen LogP contribution < -0.4 is 0 Å². The Kier molecular flexibility index (Phi) is 11.8. The molecule has 0 heterocycles. The van der Waals surface area contributed by atoms with Gasteiger partial charge in [-0.25, -0.2) is 0 Å². The molecule has 0 aliphatic heterocycles. The van der Waals surface area contributed by atoms with Crippen LogP contribution in [0.2, 0.25) is 0 Å². The molecule has 2 nitrogen and oxygen atoms in total. The van der Waals surface area contributed by atoms with Gasteiger partial charge in [0.15, 0.2) is 0 Å². The first-order valence-electron chi connectivity index (χ1n) is 13.9. The van der Waals surface area contributed by atoms with Crippen LogP contribution in [-0.2, 0) is 0 Å². The van der Waals surface area contributed by atoms with Gasteiger partial charge in [-0.1, -0.05) is 61.5 Å². The van der Waals surface area contributed by atoms with Crippen LogP contribution in [0.3, 0.4) is 0 Å². The summed E-state index contributed by atoms with van der Waals surface area (Å²) in [7, 11) is 0. The predicted octanol–water partition coefficient (Wildman–Crippen LogP) is 8.02. The van der Waals surface area contributed by atoms with E-state index in [1.807, 2.05) is 47.6 Å². The maximum absolute atomic E-state index is 10.7. The van der Waals surface area contributed by atoms with E-state index in [4.69, 9.17) is 0 Å². The molecule has 4 rings (SSSR count). The van der Waals surface area contributed by atoms with Gasteiger partial charge < -0.3 is 10.2 Å². The number of aliphatic hydroxyl groups excluding tert-OH is 2. The fourth-order valence-corrected chi connectivity index (χ4v) is 8.24. The molecule has 0 radical (unpaired) electrons. The monoisotopic (exact) mass is 436 g/mol. The third kappa shape index (κ3) is 5.43. The van der Waals surface area contributed by atoms with Crippen molar-refractivity contribution in [1.29, 1.82) is 0 Å². The Morgan fingerprint density at radius 1 is 0.839 bits per heavy atom. The molecule has 31 heavy (non-hydrogen) atoms. The Hall–Kier alpha value is -0.340. The van der Waals surface area contributed by atoms with Gasteiger partial charge in [0.25, 0.3) is 0 Å². The van der Waals surface area contributed by atoms with Crippen LogP contribution in [0.15, 0.2) is 12.7 Å². The molecule has 0 aromatic rings. The van der Waals surface area contributed by atoms with Crippen molar-refractivity contribution in [3.05, 3.63) is 12.7 Å². The highest BCUT2D eigenvalue weighted by molar-refractivity contribution is 5.10. The third-order valence-corrected chi connectivity index (χ3v) is 9.58. The van der Waals surface area contributed by atoms with Crippen LogP contribution in [0.5, 0.6) is 0 Å². The van der Waals surface area contributed by atoms with Crippen molar-refractivity contribution >= 4 is 0 Å². The molecule has 0 spiro atoms. The lowest BCUT2D eigenvalue weighted by molar-refractivity contribution is -0.132. The summed E-state index contributed by atoms with van der Waals surface area (Å²) in [6, 6.07) is 0. The topological polar surface area (TPSA) is 40.5 Å². The first-order chi connectivity index (χ1) is 14.9. The zero-order valence-corrected chi connectivity index (χ0v) is 22.3. The van der Waals surface area contributed by atoms with E-state index in [0.29, 0.717) is 16.7 Å². The first kappa shape index (κ1) is 28.7. The normalized spacial score (nSPS) is 43.7. The van der Waals surface area contributed by atoms with Crippen LogP contribution in [0.25, 0.3) is 0 Å². The molecule has 2 N–H and O–H groups in total. The van der Waals surface area contributed by atoms with E-state index in [-0.39, 0.29) is 12.2 Å². The number of hydrogen-bond donors (Lipinski definition) is 2. The van der Waals surface area contributed by atoms with Crippen molar-refractivity contribution in [2.24, 2.45) is 40.4 Å². The van der Waals surface area contributed by atoms with Gasteiger partial charge in [0.2, 0.25) is 0 Å². The van der Waals surface area contributed by atoms with E-state index in [9.17, 15) is 10.2 Å². The molecule has 0 bridgehead atoms. The molecule has 0 amide bonds. The molecule has 184 valence electrons. The molecular formula is C29H56O2. The number of rotatable bonds is 3. The molecule has 4 fully saturated rings. The van der Waals surface area contributed by atoms with Crippen molar-refractivity contribution in [2.75, 3.05) is 0 Å². The standard InChI is InChI=1S/C23H38O2.3C2H6/c1-4-5-21(25)20-9-8-18-17-7-6-15-14-16(24)10-12-22(15,2)19(17)11-13-23(18,20)3;3*1-2/h4,15-21,24-25H,1,5-14H2,2-3H3;3*1-2H3. The molecule has 4 aliphatic carbocycles. The molecule has 4 aliphatic rings. The smallest absolute Gasteiger partial charge is 0.0607 e. The third-order valence-electron chi connectivity index (χ3n) is 9.58. The van der Waals surface area contributed by atoms with Gasteiger partial charge in [-0.15, -0.1) is 6.58 Å². The number of aliphatic hydroxyl groups is 2. The summed E-state index contributed by atoms with van der Waals surface area (Å²) < 4.78 is 0. The highest BCUT2D eigenvalue weighted by Gasteiger charge is 2.60. The summed E-state index contributed by atoms with van der Waals surface area (Å²) in [4.78, 5) is 0. The summed E-state index contributed by atoms with van der Waals surface area (Å²) in [5.41, 5.74) is 0.794. The van der Waals surface area contributed by atoms with E-state index in [1.54, 1.807) is 0 Å². The largest absolute Gasteiger partial charge is 0.393 e. The Bertz CT molecular complexity index is 517. The average Bonchev–Trinajstić information content (AvgIpc) is 3.16. The lowest BCUT2D eigenvalue weighted by Gasteiger charge is -2.61. The second-order valence-electron chi connectivity index (χ2n) is 10.4. The van der Waals surface area contributed by atoms with E-state index in [2.05, 4.69) is 20.4 Å². The summed E-state index contributed by atoms with van der Waals surface area (Å²) in [6.07, 6.45) is 13.5. The van der Waals surface area contributed by atoms with Crippen LogP contribution in [0.4, 0.5) is 0 Å². The SMILES string of the molecule is C=CCC(O)C1CCC2C3CCC4CC(O)CCC4(C)C3CCC12C.CC.CC.CC. The number of hydrogen-bond acceptors (Lipinski definition) is 2. The molecule has 9 atom stereocenters. The van der Waals surface area contributed by atoms with Gasteiger partial charge in [-0.2, -0.15) is 0 Å². The van der Waals surface area contributed by atoms with E-state index in [0.717, 1.165) is 42.9 Å². The maximum atomic E-state index is 10.7. The molecule has 0 saturated heterocycles. The average molecular weight is 437 g/mol. The zero-order chi connectivity index (χ0) is 23.8. The minimum atomic E-state index is -0.194. The van der Waals surface area contributed by atoms with Crippen LogP contribution in [0, 0.1) is 40.4 Å². The van der Waals surface area contributed by atoms with E-state index in [1.165, 1.54) is 44.9 Å². The Morgan fingerprint density at radius 3 is 2.03 bits per heavy atom.